The topological polar surface area (TPSA) is 97.4 Å². The molecule has 0 saturated heterocycles. The number of benzene rings is 2. The average Bonchev–Trinajstić information content (AvgIpc) is 2.67. The molecule has 0 radical (unpaired) electrons. The Kier molecular flexibility index (Phi) is 4.64. The fourth-order valence-electron chi connectivity index (χ4n) is 3.53. The van der Waals surface area contributed by atoms with Crippen molar-refractivity contribution >= 4 is 32.3 Å². The van der Waals surface area contributed by atoms with E-state index in [-0.39, 0.29) is 11.5 Å². The van der Waals surface area contributed by atoms with Crippen LogP contribution in [0.5, 0.6) is 5.88 Å². The summed E-state index contributed by atoms with van der Waals surface area (Å²) < 4.78 is 29.7. The Hall–Kier alpha value is -3.13. The Morgan fingerprint density at radius 1 is 1.11 bits per heavy atom. The number of sulfone groups is 1. The molecule has 0 fully saturated rings. The smallest absolute Gasteiger partial charge is 0.319 e. The Bertz CT molecular complexity index is 1160. The minimum Gasteiger partial charge on any atom is -0.481 e. The van der Waals surface area contributed by atoms with Crippen LogP contribution >= 0.6 is 0 Å². The van der Waals surface area contributed by atoms with Gasteiger partial charge in [-0.05, 0) is 29.3 Å². The molecule has 144 valence electrons. The summed E-state index contributed by atoms with van der Waals surface area (Å²) in [7, 11) is -1.74. The second kappa shape index (κ2) is 7.12. The van der Waals surface area contributed by atoms with Gasteiger partial charge in [-0.2, -0.15) is 0 Å². The zero-order valence-corrected chi connectivity index (χ0v) is 16.0. The maximum Gasteiger partial charge on any atom is 0.319 e. The van der Waals surface area contributed by atoms with Crippen LogP contribution in [-0.2, 0) is 15.6 Å². The minimum atomic E-state index is -3.27. The van der Waals surface area contributed by atoms with E-state index in [1.54, 1.807) is 36.5 Å². The molecular formula is C20H19N3O4S. The molecule has 4 rings (SSSR count). The summed E-state index contributed by atoms with van der Waals surface area (Å²) in [6.45, 7) is 0. The van der Waals surface area contributed by atoms with E-state index in [0.717, 1.165) is 21.9 Å². The Balaban J connectivity index is 1.60. The van der Waals surface area contributed by atoms with E-state index in [0.29, 0.717) is 11.6 Å². The van der Waals surface area contributed by atoms with E-state index in [2.05, 4.69) is 15.6 Å². The number of ether oxygens (including phenoxy) is 1. The number of carbonyl (C=O) groups is 1. The number of amides is 2. The van der Waals surface area contributed by atoms with Crippen LogP contribution in [0, 0.1) is 0 Å². The Labute approximate surface area is 162 Å². The second-order valence-electron chi connectivity index (χ2n) is 6.63. The highest BCUT2D eigenvalue weighted by Crippen LogP contribution is 2.30. The third-order valence-corrected chi connectivity index (χ3v) is 6.33. The van der Waals surface area contributed by atoms with E-state index >= 15 is 0 Å². The van der Waals surface area contributed by atoms with E-state index in [4.69, 9.17) is 4.74 Å². The summed E-state index contributed by atoms with van der Waals surface area (Å²) in [6.07, 6.45) is 1.61. The molecule has 28 heavy (non-hydrogen) atoms. The van der Waals surface area contributed by atoms with Gasteiger partial charge < -0.3 is 15.4 Å². The SMILES string of the molecule is COc1nccc2c(NC(=O)NC3CS(=O)(=O)Cc4ccccc43)cccc12. The molecule has 1 aliphatic rings. The largest absolute Gasteiger partial charge is 0.481 e. The van der Waals surface area contributed by atoms with E-state index < -0.39 is 21.9 Å². The van der Waals surface area contributed by atoms with Gasteiger partial charge in [0.05, 0.1) is 30.3 Å². The van der Waals surface area contributed by atoms with Crippen LogP contribution in [0.15, 0.2) is 54.7 Å². The highest BCUT2D eigenvalue weighted by Gasteiger charge is 2.30. The summed E-state index contributed by atoms with van der Waals surface area (Å²) in [6, 6.07) is 13.4. The molecule has 1 atom stereocenters. The number of nitrogens with one attached hydrogen (secondary N) is 2. The molecule has 2 amide bonds. The molecule has 0 bridgehead atoms. The number of anilines is 1. The van der Waals surface area contributed by atoms with Gasteiger partial charge in [0.2, 0.25) is 5.88 Å². The quantitative estimate of drug-likeness (QED) is 0.708. The number of methoxy groups -OCH3 is 1. The first kappa shape index (κ1) is 18.2. The second-order valence-corrected chi connectivity index (χ2v) is 8.73. The maximum atomic E-state index is 12.6. The third-order valence-electron chi connectivity index (χ3n) is 4.74. The molecule has 7 nitrogen and oxygen atoms in total. The molecule has 1 aliphatic heterocycles. The molecule has 3 aromatic rings. The van der Waals surface area contributed by atoms with Crippen LogP contribution in [0.4, 0.5) is 10.5 Å². The molecule has 8 heteroatoms. The predicted molar refractivity (Wildman–Crippen MR) is 107 cm³/mol. The van der Waals surface area contributed by atoms with Crippen molar-refractivity contribution in [3.05, 3.63) is 65.9 Å². The number of rotatable bonds is 3. The molecule has 2 heterocycles. The molecule has 0 spiro atoms. The number of pyridine rings is 1. The van der Waals surface area contributed by atoms with Crippen LogP contribution in [0.1, 0.15) is 17.2 Å². The molecule has 0 saturated carbocycles. The van der Waals surface area contributed by atoms with Crippen molar-refractivity contribution in [2.75, 3.05) is 18.2 Å². The molecular weight excluding hydrogens is 378 g/mol. The lowest BCUT2D eigenvalue weighted by atomic mass is 10.0. The zero-order chi connectivity index (χ0) is 19.7. The lowest BCUT2D eigenvalue weighted by Crippen LogP contribution is -2.39. The number of carbonyl (C=O) groups excluding carboxylic acids is 1. The van der Waals surface area contributed by atoms with Crippen molar-refractivity contribution in [3.8, 4) is 5.88 Å². The highest BCUT2D eigenvalue weighted by atomic mass is 32.2. The number of aromatic nitrogens is 1. The summed E-state index contributed by atoms with van der Waals surface area (Å²) in [5.41, 5.74) is 2.14. The zero-order valence-electron chi connectivity index (χ0n) is 15.2. The molecule has 0 aliphatic carbocycles. The molecule has 2 N–H and O–H groups in total. The van der Waals surface area contributed by atoms with Crippen LogP contribution in [0.25, 0.3) is 10.8 Å². The standard InChI is InChI=1S/C20H19N3O4S/c1-27-19-16-7-4-8-17(15(16)9-10-21-19)22-20(24)23-18-12-28(25,26)11-13-5-2-3-6-14(13)18/h2-10,18H,11-12H2,1H3,(H2,22,23,24). The first-order valence-corrected chi connectivity index (χ1v) is 10.6. The van der Waals surface area contributed by atoms with Gasteiger partial charge in [-0.3, -0.25) is 0 Å². The fourth-order valence-corrected chi connectivity index (χ4v) is 5.16. The number of fused-ring (bicyclic) bond motifs is 2. The first-order chi connectivity index (χ1) is 13.5. The van der Waals surface area contributed by atoms with Crippen LogP contribution in [-0.4, -0.2) is 32.3 Å². The van der Waals surface area contributed by atoms with Gasteiger partial charge in [0.25, 0.3) is 0 Å². The lowest BCUT2D eigenvalue weighted by molar-refractivity contribution is 0.249. The highest BCUT2D eigenvalue weighted by molar-refractivity contribution is 7.90. The van der Waals surface area contributed by atoms with Crippen LogP contribution in [0.2, 0.25) is 0 Å². The van der Waals surface area contributed by atoms with E-state index in [9.17, 15) is 13.2 Å². The van der Waals surface area contributed by atoms with Gasteiger partial charge in [0.15, 0.2) is 9.84 Å². The predicted octanol–water partition coefficient (Wildman–Crippen LogP) is 3.03. The van der Waals surface area contributed by atoms with Gasteiger partial charge in [-0.1, -0.05) is 30.3 Å². The van der Waals surface area contributed by atoms with Crippen molar-refractivity contribution in [2.45, 2.75) is 11.8 Å². The van der Waals surface area contributed by atoms with Crippen molar-refractivity contribution in [1.82, 2.24) is 10.3 Å². The number of hydrogen-bond donors (Lipinski definition) is 2. The van der Waals surface area contributed by atoms with Crippen molar-refractivity contribution in [1.29, 1.82) is 0 Å². The summed E-state index contributed by atoms with van der Waals surface area (Å²) in [4.78, 5) is 16.8. The van der Waals surface area contributed by atoms with Crippen molar-refractivity contribution in [2.24, 2.45) is 0 Å². The van der Waals surface area contributed by atoms with E-state index in [1.807, 2.05) is 18.2 Å². The van der Waals surface area contributed by atoms with Crippen LogP contribution in [0.3, 0.4) is 0 Å². The van der Waals surface area contributed by atoms with Gasteiger partial charge in [-0.25, -0.2) is 18.2 Å². The van der Waals surface area contributed by atoms with Gasteiger partial charge in [0.1, 0.15) is 0 Å². The monoisotopic (exact) mass is 397 g/mol. The number of urea groups is 1. The number of nitrogens with zero attached hydrogens (tertiary/aromatic N) is 1. The maximum absolute atomic E-state index is 12.6. The molecule has 1 aromatic heterocycles. The lowest BCUT2D eigenvalue weighted by Gasteiger charge is -2.26. The first-order valence-electron chi connectivity index (χ1n) is 8.74. The van der Waals surface area contributed by atoms with E-state index in [1.165, 1.54) is 7.11 Å². The third kappa shape index (κ3) is 3.50. The summed E-state index contributed by atoms with van der Waals surface area (Å²) in [5.74, 6) is 0.345. The normalized spacial score (nSPS) is 17.5. The summed E-state index contributed by atoms with van der Waals surface area (Å²) in [5, 5.41) is 7.16. The van der Waals surface area contributed by atoms with Gasteiger partial charge in [0, 0.05) is 17.0 Å². The molecule has 1 unspecified atom stereocenters. The number of hydrogen-bond acceptors (Lipinski definition) is 5. The van der Waals surface area contributed by atoms with Gasteiger partial charge in [-0.15, -0.1) is 0 Å². The van der Waals surface area contributed by atoms with Crippen LogP contribution < -0.4 is 15.4 Å². The van der Waals surface area contributed by atoms with Gasteiger partial charge >= 0.3 is 6.03 Å². The van der Waals surface area contributed by atoms with Crippen molar-refractivity contribution in [3.63, 3.8) is 0 Å². The minimum absolute atomic E-state index is 0.000903. The van der Waals surface area contributed by atoms with Crippen molar-refractivity contribution < 1.29 is 17.9 Å². The average molecular weight is 397 g/mol. The Morgan fingerprint density at radius 2 is 1.93 bits per heavy atom. The summed E-state index contributed by atoms with van der Waals surface area (Å²) >= 11 is 0. The fraction of sp³-hybridized carbons (Fsp3) is 0.200. The Morgan fingerprint density at radius 3 is 2.75 bits per heavy atom. The molecule has 2 aromatic carbocycles.